The molecule has 0 aliphatic rings. The number of rotatable bonds is 52. The minimum atomic E-state index is -0.851. The molecule has 2 unspecified atom stereocenters. The zero-order valence-corrected chi connectivity index (χ0v) is 43.2. The predicted molar refractivity (Wildman–Crippen MR) is 282 cm³/mol. The molecule has 65 heavy (non-hydrogen) atoms. The van der Waals surface area contributed by atoms with Gasteiger partial charge in [-0.2, -0.15) is 0 Å². The number of aliphatic hydroxyl groups is 2. The highest BCUT2D eigenvalue weighted by molar-refractivity contribution is 5.76. The third-order valence-electron chi connectivity index (χ3n) is 12.8. The van der Waals surface area contributed by atoms with E-state index in [1.165, 1.54) is 186 Å². The molecule has 0 aliphatic carbocycles. The first kappa shape index (κ1) is 62.8. The Morgan fingerprint density at radius 1 is 0.431 bits per heavy atom. The van der Waals surface area contributed by atoms with Crippen molar-refractivity contribution >= 4 is 11.9 Å². The van der Waals surface area contributed by atoms with Gasteiger partial charge in [-0.3, -0.25) is 9.59 Å². The molecule has 6 nitrogen and oxygen atoms in total. The number of hydrogen-bond donors (Lipinski definition) is 3. The van der Waals surface area contributed by atoms with Crippen LogP contribution in [-0.2, 0) is 14.3 Å². The lowest BCUT2D eigenvalue weighted by Crippen LogP contribution is -2.45. The van der Waals surface area contributed by atoms with E-state index in [9.17, 15) is 19.8 Å². The molecule has 0 heterocycles. The molecule has 0 aromatic rings. The highest BCUT2D eigenvalue weighted by Gasteiger charge is 2.18. The minimum absolute atomic E-state index is 0.0221. The summed E-state index contributed by atoms with van der Waals surface area (Å²) >= 11 is 0. The second-order valence-electron chi connectivity index (χ2n) is 19.3. The molecule has 0 bridgehead atoms. The van der Waals surface area contributed by atoms with Crippen LogP contribution in [0.2, 0.25) is 0 Å². The standard InChI is InChI=1S/C59H109NO5/c1-3-5-7-9-11-13-15-17-18-25-29-33-37-41-45-49-53-59(64)65-54-50-46-42-38-34-30-26-23-21-19-20-22-24-28-32-36-40-44-48-52-58(63)60-56(55-61)57(62)51-47-43-39-35-31-27-16-14-12-10-8-6-4-2/h18,23,25-26,30,34,47,51,56-57,61-62H,3-17,19-22,24,27-29,31-33,35-46,48-50,52-55H2,1-2H3,(H,60,63)/b25-18-,26-23-,34-30-,51-47+. The monoisotopic (exact) mass is 912 g/mol. The van der Waals surface area contributed by atoms with Crippen molar-refractivity contribution in [3.05, 3.63) is 48.6 Å². The van der Waals surface area contributed by atoms with Crippen molar-refractivity contribution in [3.8, 4) is 0 Å². The van der Waals surface area contributed by atoms with Gasteiger partial charge in [-0.1, -0.05) is 236 Å². The van der Waals surface area contributed by atoms with Crippen LogP contribution in [0.15, 0.2) is 48.6 Å². The largest absolute Gasteiger partial charge is 0.466 e. The number of aliphatic hydroxyl groups excluding tert-OH is 2. The van der Waals surface area contributed by atoms with Crippen LogP contribution in [0.3, 0.4) is 0 Å². The number of unbranched alkanes of at least 4 members (excludes halogenated alkanes) is 36. The van der Waals surface area contributed by atoms with Gasteiger partial charge in [-0.15, -0.1) is 0 Å². The quantitative estimate of drug-likeness (QED) is 0.0245. The van der Waals surface area contributed by atoms with Crippen molar-refractivity contribution in [2.75, 3.05) is 13.2 Å². The van der Waals surface area contributed by atoms with E-state index in [-0.39, 0.29) is 18.5 Å². The molecule has 0 rings (SSSR count). The Labute approximate surface area is 404 Å². The lowest BCUT2D eigenvalue weighted by molar-refractivity contribution is -0.143. The summed E-state index contributed by atoms with van der Waals surface area (Å²) in [6.45, 7) is 4.85. The highest BCUT2D eigenvalue weighted by Crippen LogP contribution is 2.15. The third kappa shape index (κ3) is 51.1. The predicted octanol–water partition coefficient (Wildman–Crippen LogP) is 17.4. The minimum Gasteiger partial charge on any atom is -0.466 e. The smallest absolute Gasteiger partial charge is 0.305 e. The first-order valence-electron chi connectivity index (χ1n) is 28.4. The molecule has 1 amide bonds. The van der Waals surface area contributed by atoms with Crippen molar-refractivity contribution in [3.63, 3.8) is 0 Å². The maximum atomic E-state index is 12.4. The molecule has 0 saturated carbocycles. The first-order valence-corrected chi connectivity index (χ1v) is 28.4. The Bertz CT molecular complexity index is 1100. The Balaban J connectivity index is 3.50. The van der Waals surface area contributed by atoms with Gasteiger partial charge >= 0.3 is 5.97 Å². The molecule has 0 aliphatic heterocycles. The van der Waals surface area contributed by atoms with Crippen molar-refractivity contribution in [2.24, 2.45) is 0 Å². The van der Waals surface area contributed by atoms with Gasteiger partial charge in [-0.05, 0) is 89.9 Å². The number of carbonyl (C=O) groups is 2. The van der Waals surface area contributed by atoms with Crippen LogP contribution < -0.4 is 5.32 Å². The van der Waals surface area contributed by atoms with Gasteiger partial charge < -0.3 is 20.3 Å². The number of carbonyl (C=O) groups excluding carboxylic acids is 2. The first-order chi connectivity index (χ1) is 32.0. The number of amides is 1. The van der Waals surface area contributed by atoms with E-state index >= 15 is 0 Å². The van der Waals surface area contributed by atoms with Gasteiger partial charge in [0.2, 0.25) is 5.91 Å². The molecule has 0 fully saturated rings. The molecular formula is C59H109NO5. The van der Waals surface area contributed by atoms with E-state index in [1.54, 1.807) is 6.08 Å². The summed E-state index contributed by atoms with van der Waals surface area (Å²) in [6, 6.07) is -0.636. The van der Waals surface area contributed by atoms with Crippen LogP contribution in [0.25, 0.3) is 0 Å². The molecule has 2 atom stereocenters. The average molecular weight is 913 g/mol. The van der Waals surface area contributed by atoms with Gasteiger partial charge in [0.25, 0.3) is 0 Å². The van der Waals surface area contributed by atoms with Crippen molar-refractivity contribution in [1.82, 2.24) is 5.32 Å². The van der Waals surface area contributed by atoms with Crippen molar-refractivity contribution in [2.45, 2.75) is 302 Å². The molecule has 6 heteroatoms. The summed E-state index contributed by atoms with van der Waals surface area (Å²) in [5.41, 5.74) is 0. The van der Waals surface area contributed by atoms with Gasteiger partial charge in [-0.25, -0.2) is 0 Å². The summed E-state index contributed by atoms with van der Waals surface area (Å²) < 4.78 is 5.45. The van der Waals surface area contributed by atoms with E-state index in [0.29, 0.717) is 19.4 Å². The SMILES string of the molecule is CCCCCCCCC/C=C\CCCCCCCC(=O)OCCCCC/C=C\C=C/CCCCCCCCCCCCC(=O)NC(CO)C(O)/C=C/CCCCCCCCCCCCC. The number of esters is 1. The molecule has 0 aromatic carbocycles. The summed E-state index contributed by atoms with van der Waals surface area (Å²) in [5.74, 6) is -0.101. The molecular weight excluding hydrogens is 803 g/mol. The van der Waals surface area contributed by atoms with Crippen LogP contribution in [0, 0.1) is 0 Å². The highest BCUT2D eigenvalue weighted by atomic mass is 16.5. The second-order valence-corrected chi connectivity index (χ2v) is 19.3. The van der Waals surface area contributed by atoms with E-state index in [4.69, 9.17) is 4.74 Å². The molecule has 3 N–H and O–H groups in total. The van der Waals surface area contributed by atoms with Crippen molar-refractivity contribution in [1.29, 1.82) is 0 Å². The molecule has 0 radical (unpaired) electrons. The van der Waals surface area contributed by atoms with E-state index in [1.807, 2.05) is 6.08 Å². The lowest BCUT2D eigenvalue weighted by atomic mass is 10.0. The van der Waals surface area contributed by atoms with Crippen LogP contribution in [0.4, 0.5) is 0 Å². The van der Waals surface area contributed by atoms with Gasteiger partial charge in [0.05, 0.1) is 25.4 Å². The summed E-state index contributed by atoms with van der Waals surface area (Å²) in [6.07, 6.45) is 68.4. The summed E-state index contributed by atoms with van der Waals surface area (Å²) in [7, 11) is 0. The normalized spacial score (nSPS) is 13.0. The van der Waals surface area contributed by atoms with E-state index in [0.717, 1.165) is 77.0 Å². The molecule has 0 spiro atoms. The van der Waals surface area contributed by atoms with Crippen LogP contribution in [-0.4, -0.2) is 47.4 Å². The Morgan fingerprint density at radius 2 is 0.769 bits per heavy atom. The second kappa shape index (κ2) is 54.4. The van der Waals surface area contributed by atoms with Crippen molar-refractivity contribution < 1.29 is 24.5 Å². The zero-order valence-electron chi connectivity index (χ0n) is 43.2. The van der Waals surface area contributed by atoms with Crippen LogP contribution in [0.5, 0.6) is 0 Å². The average Bonchev–Trinajstić information content (AvgIpc) is 3.31. The zero-order chi connectivity index (χ0) is 47.2. The number of hydrogen-bond acceptors (Lipinski definition) is 5. The number of ether oxygens (including phenoxy) is 1. The number of nitrogens with one attached hydrogen (secondary N) is 1. The Hall–Kier alpha value is -2.18. The molecule has 380 valence electrons. The maximum absolute atomic E-state index is 12.4. The van der Waals surface area contributed by atoms with E-state index < -0.39 is 12.1 Å². The fraction of sp³-hybridized carbons (Fsp3) is 0.831. The van der Waals surface area contributed by atoms with Crippen LogP contribution >= 0.6 is 0 Å². The van der Waals surface area contributed by atoms with Gasteiger partial charge in [0.15, 0.2) is 0 Å². The van der Waals surface area contributed by atoms with Gasteiger partial charge in [0, 0.05) is 12.8 Å². The molecule has 0 aromatic heterocycles. The van der Waals surface area contributed by atoms with E-state index in [2.05, 4.69) is 55.6 Å². The summed E-state index contributed by atoms with van der Waals surface area (Å²) in [5, 5.41) is 23.0. The topological polar surface area (TPSA) is 95.9 Å². The lowest BCUT2D eigenvalue weighted by Gasteiger charge is -2.20. The maximum Gasteiger partial charge on any atom is 0.305 e. The Morgan fingerprint density at radius 3 is 1.18 bits per heavy atom. The van der Waals surface area contributed by atoms with Crippen LogP contribution in [0.1, 0.15) is 290 Å². The molecule has 0 saturated heterocycles. The Kier molecular flexibility index (Phi) is 52.6. The summed E-state index contributed by atoms with van der Waals surface area (Å²) in [4.78, 5) is 24.5. The third-order valence-corrected chi connectivity index (χ3v) is 12.8. The fourth-order valence-corrected chi connectivity index (χ4v) is 8.44. The number of allylic oxidation sites excluding steroid dienone is 7. The van der Waals surface area contributed by atoms with Gasteiger partial charge in [0.1, 0.15) is 0 Å². The fourth-order valence-electron chi connectivity index (χ4n) is 8.44.